The number of carbonyl (C=O) groups is 3. The van der Waals surface area contributed by atoms with Gasteiger partial charge in [-0.3, -0.25) is 0 Å². The number of rotatable bonds is 5. The van der Waals surface area contributed by atoms with Gasteiger partial charge in [0.25, 0.3) is 0 Å². The molecule has 0 aliphatic rings. The number of carboxylic acids is 3. The molecule has 0 unspecified atom stereocenters. The van der Waals surface area contributed by atoms with E-state index in [9.17, 15) is 29.7 Å². The predicted molar refractivity (Wildman–Crippen MR) is 69.9 cm³/mol. The fourth-order valence-electron chi connectivity index (χ4n) is 0.684. The first-order valence-electron chi connectivity index (χ1n) is 4.91. The normalized spacial score (nSPS) is 8.89. The van der Waals surface area contributed by atoms with Crippen LogP contribution in [0, 0.1) is 0 Å². The van der Waals surface area contributed by atoms with Crippen LogP contribution in [0.2, 0.25) is 0 Å². The summed E-state index contributed by atoms with van der Waals surface area (Å²) < 4.78 is 0. The number of hydrogen-bond acceptors (Lipinski definition) is 16. The van der Waals surface area contributed by atoms with Crippen LogP contribution in [-0.2, 0) is 14.4 Å². The van der Waals surface area contributed by atoms with Crippen molar-refractivity contribution in [3.05, 3.63) is 0 Å². The van der Waals surface area contributed by atoms with Gasteiger partial charge in [0, 0.05) is 24.8 Å². The summed E-state index contributed by atoms with van der Waals surface area (Å²) in [7, 11) is -7.86. The van der Waals surface area contributed by atoms with E-state index >= 15 is 0 Å². The van der Waals surface area contributed by atoms with E-state index in [2.05, 4.69) is 0 Å². The molecule has 0 aliphatic carbocycles. The minimum Gasteiger partial charge on any atom is -0.550 e. The minimum absolute atomic E-state index is 0. The predicted octanol–water partition coefficient (Wildman–Crippen LogP) is -16.7. The molecule has 22 heteroatoms. The van der Waals surface area contributed by atoms with E-state index in [1.165, 1.54) is 0 Å². The smallest absolute Gasteiger partial charge is 0.550 e. The molecule has 152 valence electrons. The average molecular weight is 504 g/mol. The molecule has 0 radical (unpaired) electrons. The van der Waals surface area contributed by atoms with Crippen molar-refractivity contribution in [2.24, 2.45) is 0 Å². The van der Waals surface area contributed by atoms with Gasteiger partial charge in [-0.05, 0) is 0 Å². The first-order chi connectivity index (χ1) is 11.0. The third-order valence-corrected chi connectivity index (χ3v) is 1.25. The summed E-state index contributed by atoms with van der Waals surface area (Å²) in [5.41, 5.74) is -2.97. The summed E-state index contributed by atoms with van der Waals surface area (Å²) in [6.45, 7) is 0. The Bertz CT molecular complexity index is 346. The molecule has 0 aliphatic heterocycles. The molecule has 0 saturated carbocycles. The van der Waals surface area contributed by atoms with E-state index in [-0.39, 0.29) is 88.7 Å². The Kier molecular flexibility index (Phi) is 50.1. The molecule has 0 amide bonds. The zero-order chi connectivity index (χ0) is 21.4. The third kappa shape index (κ3) is 63.0. The molecule has 0 bridgehead atoms. The van der Waals surface area contributed by atoms with Gasteiger partial charge in [0.05, 0.1) is 5.97 Å². The molecule has 10 N–H and O–H groups in total. The molecule has 0 rings (SSSR count). The fourth-order valence-corrected chi connectivity index (χ4v) is 0.684. The van der Waals surface area contributed by atoms with Crippen LogP contribution in [0.1, 0.15) is 12.8 Å². The molecular formula is C6H14Na3O16P3. The van der Waals surface area contributed by atoms with E-state index in [1.54, 1.807) is 0 Å². The van der Waals surface area contributed by atoms with Crippen LogP contribution in [0.15, 0.2) is 0 Å². The van der Waals surface area contributed by atoms with Gasteiger partial charge in [-0.25, -0.2) is 0 Å². The van der Waals surface area contributed by atoms with E-state index in [4.69, 9.17) is 49.1 Å². The van der Waals surface area contributed by atoms with Crippen LogP contribution in [0.25, 0.3) is 0 Å². The van der Waals surface area contributed by atoms with Gasteiger partial charge in [0.1, 0.15) is 5.60 Å². The van der Waals surface area contributed by atoms with E-state index in [0.717, 1.165) is 0 Å². The van der Waals surface area contributed by atoms with Crippen molar-refractivity contribution in [1.29, 1.82) is 0 Å². The van der Waals surface area contributed by atoms with Crippen molar-refractivity contribution in [1.82, 2.24) is 0 Å². The Morgan fingerprint density at radius 3 is 0.821 bits per heavy atom. The van der Waals surface area contributed by atoms with Crippen LogP contribution in [-0.4, -0.2) is 72.7 Å². The molecule has 0 heterocycles. The van der Waals surface area contributed by atoms with Crippen molar-refractivity contribution in [3.8, 4) is 0 Å². The van der Waals surface area contributed by atoms with Gasteiger partial charge in [0.2, 0.25) is 0 Å². The van der Waals surface area contributed by atoms with Crippen molar-refractivity contribution in [2.75, 3.05) is 0 Å². The van der Waals surface area contributed by atoms with Crippen LogP contribution in [0.5, 0.6) is 0 Å². The first-order valence-corrected chi connectivity index (χ1v) is 8.51. The minimum atomic E-state index is -2.97. The van der Waals surface area contributed by atoms with Gasteiger partial charge >= 0.3 is 114 Å². The number of aliphatic carboxylic acids is 3. The largest absolute Gasteiger partial charge is 1.00 e. The molecular weight excluding hydrogens is 490 g/mol. The van der Waals surface area contributed by atoms with Crippen molar-refractivity contribution < 1.29 is 168 Å². The summed E-state index contributed by atoms with van der Waals surface area (Å²) in [6, 6.07) is 0. The molecule has 0 aromatic carbocycles. The van der Waals surface area contributed by atoms with Gasteiger partial charge in [0.15, 0.2) is 0 Å². The maximum atomic E-state index is 10.1. The Balaban J connectivity index is -0.0000000493. The van der Waals surface area contributed by atoms with Crippen LogP contribution < -0.4 is 104 Å². The van der Waals surface area contributed by atoms with E-state index in [1.807, 2.05) is 0 Å². The second kappa shape index (κ2) is 29.3. The number of carboxylic acid groups (broad SMARTS) is 3. The molecule has 0 fully saturated rings. The molecule has 0 saturated heterocycles. The van der Waals surface area contributed by atoms with Gasteiger partial charge in [-0.15, -0.1) is 0 Å². The van der Waals surface area contributed by atoms with Crippen molar-refractivity contribution in [3.63, 3.8) is 0 Å². The van der Waals surface area contributed by atoms with Crippen molar-refractivity contribution >= 4 is 43.7 Å². The number of hydrogen-bond donors (Lipinski definition) is 10. The van der Waals surface area contributed by atoms with Gasteiger partial charge in [-0.2, -0.15) is 0 Å². The average Bonchev–Trinajstić information content (AvgIpc) is 2.22. The zero-order valence-electron chi connectivity index (χ0n) is 14.7. The maximum absolute atomic E-state index is 10.1. The summed E-state index contributed by atoms with van der Waals surface area (Å²) in [5, 5.41) is 38.9. The topological polar surface area (TPSA) is 323 Å². The van der Waals surface area contributed by atoms with E-state index in [0.29, 0.717) is 0 Å². The SMILES string of the molecule is O=C([O-])CC(O)(CC(=O)[O-])C(=O)[O-].OP(O)O.OP(O)O.OP(O)O.[Na+].[Na+].[Na+]. The molecule has 0 aromatic heterocycles. The van der Waals surface area contributed by atoms with Crippen LogP contribution in [0.4, 0.5) is 0 Å². The zero-order valence-corrected chi connectivity index (χ0v) is 23.4. The monoisotopic (exact) mass is 504 g/mol. The molecule has 16 nitrogen and oxygen atoms in total. The van der Waals surface area contributed by atoms with E-state index < -0.39 is 62.2 Å². The van der Waals surface area contributed by atoms with Crippen LogP contribution >= 0.6 is 25.8 Å². The molecule has 0 spiro atoms. The van der Waals surface area contributed by atoms with Crippen molar-refractivity contribution in [2.45, 2.75) is 18.4 Å². The molecule has 28 heavy (non-hydrogen) atoms. The Hall–Kier alpha value is 2.30. The second-order valence-electron chi connectivity index (χ2n) is 3.22. The summed E-state index contributed by atoms with van der Waals surface area (Å²) in [6.07, 6.45) is -2.72. The molecule has 0 atom stereocenters. The quantitative estimate of drug-likeness (QED) is 0.123. The van der Waals surface area contributed by atoms with Crippen LogP contribution in [0.3, 0.4) is 0 Å². The Labute approximate surface area is 227 Å². The Morgan fingerprint density at radius 2 is 0.750 bits per heavy atom. The van der Waals surface area contributed by atoms with Gasteiger partial charge < -0.3 is 78.9 Å². The number of carbonyl (C=O) groups excluding carboxylic acids is 3. The number of aliphatic hydroxyl groups is 1. The second-order valence-corrected chi connectivity index (χ2v) is 4.83. The first kappa shape index (κ1) is 47.9. The summed E-state index contributed by atoms with van der Waals surface area (Å²) in [4.78, 5) is 95.1. The Morgan fingerprint density at radius 1 is 0.607 bits per heavy atom. The third-order valence-electron chi connectivity index (χ3n) is 1.25. The van der Waals surface area contributed by atoms with Gasteiger partial charge in [-0.1, -0.05) is 0 Å². The standard InChI is InChI=1S/C6H8O7.3Na.3H3O3P/c7-3(8)1-6(13,5(11)12)2-4(9)10;;;;3*1-4(2)3/h13H,1-2H2,(H,7,8)(H,9,10)(H,11,12);;;;3*1-3H/q;3*+1;;;/p-3. The summed E-state index contributed by atoms with van der Waals surface area (Å²) >= 11 is 0. The fraction of sp³-hybridized carbons (Fsp3) is 0.500. The molecule has 0 aromatic rings. The maximum Gasteiger partial charge on any atom is 1.00 e. The summed E-state index contributed by atoms with van der Waals surface area (Å²) in [5.74, 6) is -5.98.